The van der Waals surface area contributed by atoms with Gasteiger partial charge in [0, 0.05) is 29.8 Å². The van der Waals surface area contributed by atoms with Crippen molar-refractivity contribution in [3.63, 3.8) is 0 Å². The molecule has 1 aromatic carbocycles. The van der Waals surface area contributed by atoms with E-state index in [1.54, 1.807) is 0 Å². The van der Waals surface area contributed by atoms with Crippen LogP contribution in [0.25, 0.3) is 0 Å². The van der Waals surface area contributed by atoms with E-state index >= 15 is 0 Å². The lowest BCUT2D eigenvalue weighted by Gasteiger charge is -2.18. The molecule has 2 heterocycles. The molecule has 3 heteroatoms. The Morgan fingerprint density at radius 2 is 2.00 bits per heavy atom. The minimum absolute atomic E-state index is 0.398. The first kappa shape index (κ1) is 12.4. The quantitative estimate of drug-likeness (QED) is 0.912. The van der Waals surface area contributed by atoms with Gasteiger partial charge in [0.15, 0.2) is 0 Å². The Morgan fingerprint density at radius 3 is 2.68 bits per heavy atom. The van der Waals surface area contributed by atoms with Crippen molar-refractivity contribution in [3.05, 3.63) is 53.9 Å². The highest BCUT2D eigenvalue weighted by Crippen LogP contribution is 2.37. The normalized spacial score (nSPS) is 23.1. The van der Waals surface area contributed by atoms with Crippen LogP contribution < -0.4 is 5.32 Å². The average molecular weight is 255 g/mol. The zero-order chi connectivity index (χ0) is 13.2. The third-order valence-corrected chi connectivity index (χ3v) is 3.96. The summed E-state index contributed by atoms with van der Waals surface area (Å²) < 4.78 is 2.04. The summed E-state index contributed by atoms with van der Waals surface area (Å²) in [6.07, 6.45) is 5.39. The lowest BCUT2D eigenvalue weighted by molar-refractivity contribution is 0.528. The monoisotopic (exact) mass is 255 g/mol. The summed E-state index contributed by atoms with van der Waals surface area (Å²) in [5.41, 5.74) is 2.73. The maximum Gasteiger partial charge on any atom is 0.0537 e. The van der Waals surface area contributed by atoms with Gasteiger partial charge in [0.25, 0.3) is 0 Å². The van der Waals surface area contributed by atoms with E-state index < -0.39 is 0 Å². The van der Waals surface area contributed by atoms with E-state index in [9.17, 15) is 0 Å². The molecule has 1 N–H and O–H groups in total. The van der Waals surface area contributed by atoms with Gasteiger partial charge in [-0.2, -0.15) is 5.10 Å². The SMILES string of the molecule is CC(C)n1cc(C2NCCC2c2ccccc2)cn1. The summed E-state index contributed by atoms with van der Waals surface area (Å²) in [7, 11) is 0. The Labute approximate surface area is 114 Å². The number of rotatable bonds is 3. The van der Waals surface area contributed by atoms with Gasteiger partial charge in [0.05, 0.1) is 6.20 Å². The zero-order valence-corrected chi connectivity index (χ0v) is 11.6. The second-order valence-electron chi connectivity index (χ2n) is 5.59. The molecule has 19 heavy (non-hydrogen) atoms. The van der Waals surface area contributed by atoms with Crippen molar-refractivity contribution < 1.29 is 0 Å². The highest BCUT2D eigenvalue weighted by atomic mass is 15.3. The predicted molar refractivity (Wildman–Crippen MR) is 77.2 cm³/mol. The van der Waals surface area contributed by atoms with Crippen LogP contribution in [0.4, 0.5) is 0 Å². The Balaban J connectivity index is 1.86. The molecule has 1 saturated heterocycles. The van der Waals surface area contributed by atoms with Crippen molar-refractivity contribution in [3.8, 4) is 0 Å². The van der Waals surface area contributed by atoms with E-state index in [0.717, 1.165) is 6.54 Å². The van der Waals surface area contributed by atoms with Crippen LogP contribution >= 0.6 is 0 Å². The average Bonchev–Trinajstić information content (AvgIpc) is 3.08. The molecule has 2 aromatic rings. The van der Waals surface area contributed by atoms with Crippen LogP contribution in [-0.4, -0.2) is 16.3 Å². The highest BCUT2D eigenvalue weighted by Gasteiger charge is 2.30. The van der Waals surface area contributed by atoms with Crippen molar-refractivity contribution in [2.75, 3.05) is 6.54 Å². The number of hydrogen-bond donors (Lipinski definition) is 1. The maximum atomic E-state index is 4.47. The lowest BCUT2D eigenvalue weighted by atomic mass is 9.89. The van der Waals surface area contributed by atoms with Crippen LogP contribution in [0.1, 0.15) is 49.4 Å². The van der Waals surface area contributed by atoms with Crippen LogP contribution in [0.5, 0.6) is 0 Å². The second kappa shape index (κ2) is 5.17. The van der Waals surface area contributed by atoms with E-state index in [4.69, 9.17) is 0 Å². The summed E-state index contributed by atoms with van der Waals surface area (Å²) in [6, 6.07) is 11.6. The summed E-state index contributed by atoms with van der Waals surface area (Å²) in [4.78, 5) is 0. The maximum absolute atomic E-state index is 4.47. The lowest BCUT2D eigenvalue weighted by Crippen LogP contribution is -2.16. The molecule has 0 amide bonds. The van der Waals surface area contributed by atoms with Gasteiger partial charge in [-0.05, 0) is 32.4 Å². The first-order chi connectivity index (χ1) is 9.25. The first-order valence-corrected chi connectivity index (χ1v) is 7.08. The second-order valence-corrected chi connectivity index (χ2v) is 5.59. The molecule has 3 rings (SSSR count). The Kier molecular flexibility index (Phi) is 3.38. The molecular formula is C16H21N3. The molecular weight excluding hydrogens is 234 g/mol. The summed E-state index contributed by atoms with van der Waals surface area (Å²) in [6.45, 7) is 5.40. The molecule has 0 saturated carbocycles. The molecule has 0 aliphatic carbocycles. The largest absolute Gasteiger partial charge is 0.309 e. The molecule has 0 radical (unpaired) electrons. The minimum atomic E-state index is 0.398. The van der Waals surface area contributed by atoms with Crippen molar-refractivity contribution >= 4 is 0 Å². The number of nitrogens with zero attached hydrogens (tertiary/aromatic N) is 2. The van der Waals surface area contributed by atoms with Crippen LogP contribution in [0.15, 0.2) is 42.7 Å². The summed E-state index contributed by atoms with van der Waals surface area (Å²) in [5, 5.41) is 8.09. The van der Waals surface area contributed by atoms with E-state index in [1.807, 2.05) is 10.9 Å². The third-order valence-electron chi connectivity index (χ3n) is 3.96. The van der Waals surface area contributed by atoms with Crippen molar-refractivity contribution in [2.24, 2.45) is 0 Å². The van der Waals surface area contributed by atoms with E-state index in [0.29, 0.717) is 18.0 Å². The topological polar surface area (TPSA) is 29.9 Å². The Hall–Kier alpha value is -1.61. The molecule has 0 bridgehead atoms. The Bertz CT molecular complexity index is 530. The van der Waals surface area contributed by atoms with Gasteiger partial charge in [-0.25, -0.2) is 0 Å². The van der Waals surface area contributed by atoms with Gasteiger partial charge in [-0.3, -0.25) is 4.68 Å². The third kappa shape index (κ3) is 2.43. The minimum Gasteiger partial charge on any atom is -0.309 e. The fourth-order valence-electron chi connectivity index (χ4n) is 2.91. The van der Waals surface area contributed by atoms with E-state index in [1.165, 1.54) is 17.5 Å². The molecule has 0 spiro atoms. The molecule has 100 valence electrons. The van der Waals surface area contributed by atoms with Crippen LogP contribution in [0, 0.1) is 0 Å². The first-order valence-electron chi connectivity index (χ1n) is 7.08. The number of benzene rings is 1. The van der Waals surface area contributed by atoms with Gasteiger partial charge in [-0.1, -0.05) is 30.3 Å². The van der Waals surface area contributed by atoms with Crippen molar-refractivity contribution in [1.29, 1.82) is 0 Å². The van der Waals surface area contributed by atoms with Gasteiger partial charge in [-0.15, -0.1) is 0 Å². The van der Waals surface area contributed by atoms with Crippen molar-refractivity contribution in [2.45, 2.75) is 38.3 Å². The standard InChI is InChI=1S/C16H21N3/c1-12(2)19-11-14(10-18-19)16-15(8-9-17-16)13-6-4-3-5-7-13/h3-7,10-12,15-17H,8-9H2,1-2H3. The van der Waals surface area contributed by atoms with Crippen LogP contribution in [0.2, 0.25) is 0 Å². The van der Waals surface area contributed by atoms with Gasteiger partial charge >= 0.3 is 0 Å². The van der Waals surface area contributed by atoms with E-state index in [2.05, 4.69) is 60.8 Å². The number of aromatic nitrogens is 2. The molecule has 2 atom stereocenters. The fraction of sp³-hybridized carbons (Fsp3) is 0.438. The Morgan fingerprint density at radius 1 is 1.21 bits per heavy atom. The summed E-state index contributed by atoms with van der Waals surface area (Å²) >= 11 is 0. The zero-order valence-electron chi connectivity index (χ0n) is 11.6. The van der Waals surface area contributed by atoms with Crippen LogP contribution in [0.3, 0.4) is 0 Å². The van der Waals surface area contributed by atoms with E-state index in [-0.39, 0.29) is 0 Å². The van der Waals surface area contributed by atoms with Crippen molar-refractivity contribution in [1.82, 2.24) is 15.1 Å². The van der Waals surface area contributed by atoms with Gasteiger partial charge < -0.3 is 5.32 Å². The summed E-state index contributed by atoms with van der Waals surface area (Å²) in [5.74, 6) is 0.561. The number of hydrogen-bond acceptors (Lipinski definition) is 2. The molecule has 1 aliphatic rings. The fourth-order valence-corrected chi connectivity index (χ4v) is 2.91. The molecule has 1 aliphatic heterocycles. The smallest absolute Gasteiger partial charge is 0.0537 e. The van der Waals surface area contributed by atoms with Gasteiger partial charge in [0.1, 0.15) is 0 Å². The predicted octanol–water partition coefficient (Wildman–Crippen LogP) is 3.28. The van der Waals surface area contributed by atoms with Crippen LogP contribution in [-0.2, 0) is 0 Å². The molecule has 1 aromatic heterocycles. The molecule has 3 nitrogen and oxygen atoms in total. The van der Waals surface area contributed by atoms with Gasteiger partial charge in [0.2, 0.25) is 0 Å². The number of nitrogens with one attached hydrogen (secondary N) is 1. The highest BCUT2D eigenvalue weighted by molar-refractivity contribution is 5.27. The molecule has 2 unspecified atom stereocenters. The molecule has 1 fully saturated rings.